The second kappa shape index (κ2) is 21.2. The lowest BCUT2D eigenvalue weighted by Gasteiger charge is -2.29. The molecule has 3 aromatic carbocycles. The van der Waals surface area contributed by atoms with Gasteiger partial charge in [-0.2, -0.15) is 12.6 Å². The number of aromatic hydroxyl groups is 6. The Kier molecular flexibility index (Phi) is 15.9. The van der Waals surface area contributed by atoms with Gasteiger partial charge in [0, 0.05) is 45.7 Å². The summed E-state index contributed by atoms with van der Waals surface area (Å²) in [6.45, 7) is 4.53. The van der Waals surface area contributed by atoms with E-state index in [1.165, 1.54) is 54.6 Å². The maximum atomic E-state index is 14.2. The predicted octanol–water partition coefficient (Wildman–Crippen LogP) is 2.77. The number of ether oxygens (including phenoxy) is 2. The van der Waals surface area contributed by atoms with Crippen molar-refractivity contribution in [3.8, 4) is 34.5 Å². The monoisotopic (exact) mass is 864 g/mol. The first-order valence-corrected chi connectivity index (χ1v) is 20.6. The molecule has 0 aliphatic carbocycles. The number of nitrogens with one attached hydrogen (secondary N) is 2. The van der Waals surface area contributed by atoms with E-state index in [4.69, 9.17) is 9.47 Å². The molecule has 8 N–H and O–H groups in total. The van der Waals surface area contributed by atoms with Gasteiger partial charge in [0.05, 0.1) is 16.7 Å². The highest BCUT2D eigenvalue weighted by Crippen LogP contribution is 2.33. The summed E-state index contributed by atoms with van der Waals surface area (Å²) in [5, 5.41) is 66.5. The minimum absolute atomic E-state index is 0.00102. The van der Waals surface area contributed by atoms with E-state index in [1.807, 2.05) is 0 Å². The summed E-state index contributed by atoms with van der Waals surface area (Å²) in [5.74, 6) is -3.80. The summed E-state index contributed by atoms with van der Waals surface area (Å²) in [5.41, 5.74) is 0.117. The van der Waals surface area contributed by atoms with Crippen LogP contribution >= 0.6 is 12.6 Å². The van der Waals surface area contributed by atoms with Crippen LogP contribution in [0.2, 0.25) is 0 Å². The number of benzene rings is 3. The number of aliphatic imine (C=N–C) groups is 2. The van der Waals surface area contributed by atoms with Gasteiger partial charge in [0.2, 0.25) is 17.7 Å². The van der Waals surface area contributed by atoms with E-state index in [-0.39, 0.29) is 104 Å². The van der Waals surface area contributed by atoms with Gasteiger partial charge in [0.15, 0.2) is 46.6 Å². The molecule has 5 rings (SSSR count). The second-order valence-corrected chi connectivity index (χ2v) is 15.0. The molecule has 0 spiro atoms. The first kappa shape index (κ1) is 45.7. The number of phenols is 6. The molecule has 0 radical (unpaired) electrons. The van der Waals surface area contributed by atoms with Gasteiger partial charge in [0.25, 0.3) is 17.7 Å². The molecule has 0 bridgehead atoms. The highest BCUT2D eigenvalue weighted by Gasteiger charge is 2.39. The summed E-state index contributed by atoms with van der Waals surface area (Å²) < 4.78 is 11.8. The van der Waals surface area contributed by atoms with E-state index >= 15 is 0 Å². The fraction of sp³-hybridized carbons (Fsp3) is 0.429. The molecule has 18 nitrogen and oxygen atoms in total. The molecule has 0 aromatic heterocycles. The molecule has 19 heteroatoms. The number of para-hydroxylation sites is 3. The molecule has 0 saturated carbocycles. The fourth-order valence-electron chi connectivity index (χ4n) is 6.81. The zero-order valence-corrected chi connectivity index (χ0v) is 34.8. The second-order valence-electron chi connectivity index (χ2n) is 14.6. The van der Waals surface area contributed by atoms with Crippen molar-refractivity contribution in [3.63, 3.8) is 0 Å². The van der Waals surface area contributed by atoms with Crippen molar-refractivity contribution in [2.24, 2.45) is 9.98 Å². The van der Waals surface area contributed by atoms with Gasteiger partial charge in [-0.1, -0.05) is 18.2 Å². The average Bonchev–Trinajstić information content (AvgIpc) is 3.82. The molecule has 4 atom stereocenters. The van der Waals surface area contributed by atoms with Gasteiger partial charge in [-0.05, 0) is 81.7 Å². The lowest BCUT2D eigenvalue weighted by atomic mass is 10.1. The Morgan fingerprint density at radius 1 is 0.623 bits per heavy atom. The summed E-state index contributed by atoms with van der Waals surface area (Å²) in [4.78, 5) is 65.3. The maximum Gasteiger partial charge on any atom is 0.255 e. The summed E-state index contributed by atoms with van der Waals surface area (Å²) in [6.07, 6.45) is 0.444. The number of carbonyl (C=O) groups excluding carboxylic acids is 4. The third-order valence-electron chi connectivity index (χ3n) is 10.1. The van der Waals surface area contributed by atoms with Crippen LogP contribution in [-0.2, 0) is 23.9 Å². The first-order valence-electron chi connectivity index (χ1n) is 20.0. The molecular weight excluding hydrogens is 813 g/mol. The Hall–Kier alpha value is -6.37. The summed E-state index contributed by atoms with van der Waals surface area (Å²) in [7, 11) is 0. The molecule has 328 valence electrons. The van der Waals surface area contributed by atoms with Crippen molar-refractivity contribution in [1.29, 1.82) is 0 Å². The number of hydrogen-bond donors (Lipinski definition) is 9. The number of rotatable bonds is 20. The zero-order valence-electron chi connectivity index (χ0n) is 33.9. The largest absolute Gasteiger partial charge is 0.504 e. The van der Waals surface area contributed by atoms with E-state index in [9.17, 15) is 49.8 Å². The molecule has 2 aliphatic rings. The molecule has 3 aromatic rings. The van der Waals surface area contributed by atoms with Gasteiger partial charge in [-0.25, -0.2) is 9.98 Å². The van der Waals surface area contributed by atoms with Gasteiger partial charge in [0.1, 0.15) is 12.2 Å². The molecule has 0 unspecified atom stereocenters. The highest BCUT2D eigenvalue weighted by molar-refractivity contribution is 7.80. The molecular formula is C42H52N6O12S. The SMILES string of the molecule is C[C@H]1OC(c2cccc(O)c2O)=N[C@@H]1C(=O)N(CCCCNC(=O)CCS)CCCN(CCCNC(=O)c1cccc(O)c1O)C(=O)[C@H]1N=C(c2cccc(O)c2O)O[C@@H]1C. The number of amides is 4. The number of thiol groups is 1. The lowest BCUT2D eigenvalue weighted by molar-refractivity contribution is -0.134. The maximum absolute atomic E-state index is 14.2. The zero-order chi connectivity index (χ0) is 44.2. The Balaban J connectivity index is 1.32. The third-order valence-corrected chi connectivity index (χ3v) is 10.4. The average molecular weight is 865 g/mol. The van der Waals surface area contributed by atoms with Crippen LogP contribution in [0.4, 0.5) is 0 Å². The van der Waals surface area contributed by atoms with Crippen molar-refractivity contribution in [3.05, 3.63) is 71.3 Å². The predicted molar refractivity (Wildman–Crippen MR) is 226 cm³/mol. The number of carbonyl (C=O) groups is 4. The summed E-state index contributed by atoms with van der Waals surface area (Å²) >= 11 is 4.09. The van der Waals surface area contributed by atoms with E-state index in [0.29, 0.717) is 25.1 Å². The van der Waals surface area contributed by atoms with Gasteiger partial charge in [-0.3, -0.25) is 19.2 Å². The Bertz CT molecular complexity index is 2130. The Morgan fingerprint density at radius 3 is 1.61 bits per heavy atom. The minimum Gasteiger partial charge on any atom is -0.504 e. The fourth-order valence-corrected chi connectivity index (χ4v) is 7.01. The minimum atomic E-state index is -1.04. The summed E-state index contributed by atoms with van der Waals surface area (Å²) in [6, 6.07) is 10.6. The van der Waals surface area contributed by atoms with Crippen LogP contribution in [0.5, 0.6) is 34.5 Å². The van der Waals surface area contributed by atoms with E-state index in [0.717, 1.165) is 0 Å². The molecule has 0 fully saturated rings. The standard InChI is InChI=1S/C42H52N6O12S/c1-24-33(45-39(59-24)27-11-6-14-30(50)36(27)54)41(57)47(19-4-3-17-43-32(52)16-23-61)21-9-22-48(20-8-18-44-38(56)26-10-5-13-29(49)35(26)53)42(58)34-25(2)60-40(46-34)28-12-7-15-31(51)37(28)55/h5-7,10-15,24-25,33-34,49-51,53-55,61H,3-4,8-9,16-23H2,1-2H3,(H,43,52)(H,44,56)/t24-,25-,33+,34+/m1/s1. The number of unbranched alkanes of at least 4 members (excludes halogenated alkanes) is 1. The van der Waals surface area contributed by atoms with E-state index in [2.05, 4.69) is 33.2 Å². The highest BCUT2D eigenvalue weighted by atomic mass is 32.1. The molecule has 4 amide bonds. The quantitative estimate of drug-likeness (QED) is 0.0451. The normalized spacial score (nSPS) is 18.0. The Morgan fingerprint density at radius 2 is 1.08 bits per heavy atom. The first-order chi connectivity index (χ1) is 29.2. The Labute approximate surface area is 357 Å². The van der Waals surface area contributed by atoms with Crippen LogP contribution in [-0.4, -0.2) is 145 Å². The van der Waals surface area contributed by atoms with Crippen molar-refractivity contribution < 1.29 is 59.3 Å². The molecule has 61 heavy (non-hydrogen) atoms. The van der Waals surface area contributed by atoms with Crippen LogP contribution in [0, 0.1) is 0 Å². The van der Waals surface area contributed by atoms with Crippen LogP contribution in [0.3, 0.4) is 0 Å². The van der Waals surface area contributed by atoms with Crippen molar-refractivity contribution in [2.75, 3.05) is 45.0 Å². The topological polar surface area (TPSA) is 263 Å². The smallest absolute Gasteiger partial charge is 0.255 e. The van der Waals surface area contributed by atoms with Crippen molar-refractivity contribution in [1.82, 2.24) is 20.4 Å². The third kappa shape index (κ3) is 11.5. The molecule has 0 saturated heterocycles. The van der Waals surface area contributed by atoms with E-state index < -0.39 is 59.1 Å². The van der Waals surface area contributed by atoms with Gasteiger partial charge < -0.3 is 60.5 Å². The van der Waals surface area contributed by atoms with Crippen LogP contribution in [0.25, 0.3) is 0 Å². The van der Waals surface area contributed by atoms with Crippen LogP contribution in [0.15, 0.2) is 64.6 Å². The lowest BCUT2D eigenvalue weighted by Crippen LogP contribution is -2.46. The van der Waals surface area contributed by atoms with Gasteiger partial charge >= 0.3 is 0 Å². The van der Waals surface area contributed by atoms with Crippen molar-refractivity contribution in [2.45, 2.75) is 70.2 Å². The molecule has 2 heterocycles. The van der Waals surface area contributed by atoms with E-state index in [1.54, 1.807) is 23.6 Å². The molecule has 2 aliphatic heterocycles. The number of nitrogens with zero attached hydrogens (tertiary/aromatic N) is 4. The van der Waals surface area contributed by atoms with Crippen molar-refractivity contribution >= 4 is 48.1 Å². The number of phenolic OH excluding ortho intramolecular Hbond substituents is 6. The number of hydrogen-bond acceptors (Lipinski definition) is 15. The van der Waals surface area contributed by atoms with Crippen LogP contribution < -0.4 is 10.6 Å². The van der Waals surface area contributed by atoms with Crippen LogP contribution in [0.1, 0.15) is 67.4 Å². The van der Waals surface area contributed by atoms with Gasteiger partial charge in [-0.15, -0.1) is 0 Å².